The van der Waals surface area contributed by atoms with Crippen molar-refractivity contribution in [3.05, 3.63) is 59.6 Å². The van der Waals surface area contributed by atoms with Crippen LogP contribution in [0.2, 0.25) is 0 Å². The summed E-state index contributed by atoms with van der Waals surface area (Å²) in [5.74, 6) is 0.313. The van der Waals surface area contributed by atoms with Gasteiger partial charge in [-0.15, -0.1) is 0 Å². The number of carbonyl (C=O) groups is 1. The second-order valence-electron chi connectivity index (χ2n) is 9.73. The van der Waals surface area contributed by atoms with Gasteiger partial charge in [0, 0.05) is 44.1 Å². The zero-order valence-corrected chi connectivity index (χ0v) is 20.5. The molecule has 0 saturated carbocycles. The molecule has 4 rings (SSSR count). The van der Waals surface area contributed by atoms with Crippen LogP contribution in [0.25, 0.3) is 5.57 Å². The van der Waals surface area contributed by atoms with Crippen LogP contribution in [-0.2, 0) is 6.54 Å². The van der Waals surface area contributed by atoms with Crippen LogP contribution in [0, 0.1) is 5.92 Å². The van der Waals surface area contributed by atoms with Crippen LogP contribution in [0.5, 0.6) is 5.88 Å². The van der Waals surface area contributed by atoms with Crippen molar-refractivity contribution in [3.63, 3.8) is 0 Å². The van der Waals surface area contributed by atoms with E-state index in [1.807, 2.05) is 31.5 Å². The molecule has 182 valence electrons. The predicted molar refractivity (Wildman–Crippen MR) is 132 cm³/mol. The van der Waals surface area contributed by atoms with Crippen LogP contribution in [0.4, 0.5) is 0 Å². The number of aliphatic hydroxyl groups excluding tert-OH is 1. The van der Waals surface area contributed by atoms with Crippen LogP contribution < -0.4 is 4.74 Å². The van der Waals surface area contributed by atoms with Crippen molar-refractivity contribution >= 4 is 11.5 Å². The van der Waals surface area contributed by atoms with E-state index in [9.17, 15) is 9.90 Å². The first-order valence-corrected chi connectivity index (χ1v) is 12.3. The van der Waals surface area contributed by atoms with Gasteiger partial charge in [-0.1, -0.05) is 19.1 Å². The lowest BCUT2D eigenvalue weighted by atomic mass is 9.93. The second kappa shape index (κ2) is 11.1. The Morgan fingerprint density at radius 3 is 2.88 bits per heavy atom. The maximum atomic E-state index is 13.6. The minimum atomic E-state index is -0.285. The largest absolute Gasteiger partial charge is 0.472 e. The Kier molecular flexibility index (Phi) is 7.95. The summed E-state index contributed by atoms with van der Waals surface area (Å²) in [5, 5.41) is 9.87. The highest BCUT2D eigenvalue weighted by Gasteiger charge is 2.34. The van der Waals surface area contributed by atoms with Gasteiger partial charge < -0.3 is 14.7 Å². The van der Waals surface area contributed by atoms with E-state index in [4.69, 9.17) is 4.74 Å². The molecule has 2 aliphatic rings. The number of likely N-dealkylation sites (N-methyl/N-ethyl adjacent to an activating group) is 1. The fraction of sp³-hybridized carbons (Fsp3) is 0.519. The zero-order chi connectivity index (χ0) is 24.1. The average Bonchev–Trinajstić information content (AvgIpc) is 2.86. The number of allylic oxidation sites excluding steroid dienone is 2. The molecule has 1 aliphatic carbocycles. The van der Waals surface area contributed by atoms with Gasteiger partial charge in [0.15, 0.2) is 0 Å². The third kappa shape index (κ3) is 5.65. The summed E-state index contributed by atoms with van der Waals surface area (Å²) in [4.78, 5) is 26.4. The summed E-state index contributed by atoms with van der Waals surface area (Å²) in [6.45, 7) is 5.84. The first-order valence-electron chi connectivity index (χ1n) is 12.3. The molecule has 7 heteroatoms. The summed E-state index contributed by atoms with van der Waals surface area (Å²) in [7, 11) is 2.06. The SMILES string of the molecule is C[C@@H]1CN([C@@H](C)CO)C(=O)c2cc(C3=CCCCC3)cnc2O[C@H]1CN(C)Cc1cccnc1. The first-order chi connectivity index (χ1) is 16.5. The fourth-order valence-corrected chi connectivity index (χ4v) is 4.77. The Hall–Kier alpha value is -2.77. The highest BCUT2D eigenvalue weighted by Crippen LogP contribution is 2.32. The topological polar surface area (TPSA) is 78.8 Å². The number of aliphatic hydroxyl groups is 1. The van der Waals surface area contributed by atoms with Gasteiger partial charge in [-0.05, 0) is 68.5 Å². The number of nitrogens with zero attached hydrogens (tertiary/aromatic N) is 4. The highest BCUT2D eigenvalue weighted by atomic mass is 16.5. The van der Waals surface area contributed by atoms with E-state index in [1.54, 1.807) is 11.1 Å². The van der Waals surface area contributed by atoms with Crippen molar-refractivity contribution in [2.75, 3.05) is 26.7 Å². The minimum absolute atomic E-state index is 0.0602. The van der Waals surface area contributed by atoms with Crippen molar-refractivity contribution in [2.24, 2.45) is 5.92 Å². The quantitative estimate of drug-likeness (QED) is 0.672. The third-order valence-electron chi connectivity index (χ3n) is 6.85. The van der Waals surface area contributed by atoms with Crippen molar-refractivity contribution in [1.29, 1.82) is 0 Å². The van der Waals surface area contributed by atoms with Gasteiger partial charge in [0.2, 0.25) is 5.88 Å². The maximum Gasteiger partial charge on any atom is 0.259 e. The van der Waals surface area contributed by atoms with E-state index >= 15 is 0 Å². The second-order valence-corrected chi connectivity index (χ2v) is 9.73. The normalized spacial score (nSPS) is 21.9. The predicted octanol–water partition coefficient (Wildman–Crippen LogP) is 3.79. The average molecular weight is 465 g/mol. The van der Waals surface area contributed by atoms with Crippen molar-refractivity contribution in [2.45, 2.75) is 58.2 Å². The highest BCUT2D eigenvalue weighted by molar-refractivity contribution is 5.97. The van der Waals surface area contributed by atoms with Gasteiger partial charge >= 0.3 is 0 Å². The van der Waals surface area contributed by atoms with Crippen molar-refractivity contribution in [3.8, 4) is 5.88 Å². The minimum Gasteiger partial charge on any atom is -0.472 e. The molecule has 2 aromatic rings. The standard InChI is InChI=1S/C27H36N4O3/c1-19-15-31(20(2)18-32)27(33)24-12-23(22-9-5-4-6-10-22)14-29-26(24)34-25(19)17-30(3)16-21-8-7-11-28-13-21/h7-9,11-14,19-20,25,32H,4-6,10,15-18H2,1-3H3/t19-,20+,25+/m1/s1. The van der Waals surface area contributed by atoms with Crippen LogP contribution in [0.1, 0.15) is 61.0 Å². The number of carbonyl (C=O) groups excluding carboxylic acids is 1. The molecule has 1 N–H and O–H groups in total. The number of rotatable bonds is 7. The number of hydrogen-bond acceptors (Lipinski definition) is 6. The summed E-state index contributed by atoms with van der Waals surface area (Å²) >= 11 is 0. The first kappa shape index (κ1) is 24.4. The molecule has 0 aromatic carbocycles. The lowest BCUT2D eigenvalue weighted by Crippen LogP contribution is -2.49. The number of pyridine rings is 2. The number of amides is 1. The molecular weight excluding hydrogens is 428 g/mol. The summed E-state index contributed by atoms with van der Waals surface area (Å²) < 4.78 is 6.43. The van der Waals surface area contributed by atoms with Gasteiger partial charge in [0.25, 0.3) is 5.91 Å². The molecule has 0 radical (unpaired) electrons. The number of hydrogen-bond donors (Lipinski definition) is 1. The fourth-order valence-electron chi connectivity index (χ4n) is 4.77. The molecule has 0 fully saturated rings. The number of aromatic nitrogens is 2. The van der Waals surface area contributed by atoms with E-state index in [2.05, 4.69) is 41.0 Å². The van der Waals surface area contributed by atoms with E-state index < -0.39 is 0 Å². The molecule has 1 aliphatic heterocycles. The van der Waals surface area contributed by atoms with E-state index in [-0.39, 0.29) is 30.6 Å². The van der Waals surface area contributed by atoms with Gasteiger partial charge in [-0.25, -0.2) is 4.98 Å². The smallest absolute Gasteiger partial charge is 0.259 e. The Bertz CT molecular complexity index is 1010. The molecule has 7 nitrogen and oxygen atoms in total. The number of fused-ring (bicyclic) bond motifs is 1. The molecule has 3 heterocycles. The van der Waals surface area contributed by atoms with Crippen molar-refractivity contribution in [1.82, 2.24) is 19.8 Å². The Morgan fingerprint density at radius 1 is 1.32 bits per heavy atom. The zero-order valence-electron chi connectivity index (χ0n) is 20.5. The molecule has 34 heavy (non-hydrogen) atoms. The molecule has 1 amide bonds. The molecule has 3 atom stereocenters. The molecule has 0 unspecified atom stereocenters. The van der Waals surface area contributed by atoms with Gasteiger partial charge in [-0.3, -0.25) is 14.7 Å². The Balaban J connectivity index is 1.63. The van der Waals surface area contributed by atoms with Crippen molar-refractivity contribution < 1.29 is 14.6 Å². The summed E-state index contributed by atoms with van der Waals surface area (Å²) in [5.41, 5.74) is 3.86. The van der Waals surface area contributed by atoms with E-state index in [1.165, 1.54) is 12.0 Å². The van der Waals surface area contributed by atoms with Crippen LogP contribution in [0.3, 0.4) is 0 Å². The van der Waals surface area contributed by atoms with E-state index in [0.717, 1.165) is 36.9 Å². The lowest BCUT2D eigenvalue weighted by molar-refractivity contribution is 0.0325. The molecule has 0 saturated heterocycles. The van der Waals surface area contributed by atoms with E-state index in [0.29, 0.717) is 24.5 Å². The molecule has 0 bridgehead atoms. The van der Waals surface area contributed by atoms with Gasteiger partial charge in [0.05, 0.1) is 12.6 Å². The van der Waals surface area contributed by atoms with Gasteiger partial charge in [-0.2, -0.15) is 0 Å². The number of ether oxygens (including phenoxy) is 1. The maximum absolute atomic E-state index is 13.6. The van der Waals surface area contributed by atoms with Crippen LogP contribution >= 0.6 is 0 Å². The molecule has 0 spiro atoms. The lowest BCUT2D eigenvalue weighted by Gasteiger charge is -2.37. The summed E-state index contributed by atoms with van der Waals surface area (Å²) in [6.07, 6.45) is 12.0. The van der Waals surface area contributed by atoms with Crippen LogP contribution in [0.15, 0.2) is 42.9 Å². The monoisotopic (exact) mass is 464 g/mol. The molecular formula is C27H36N4O3. The summed E-state index contributed by atoms with van der Waals surface area (Å²) in [6, 6.07) is 5.66. The Morgan fingerprint density at radius 2 is 2.18 bits per heavy atom. The third-order valence-corrected chi connectivity index (χ3v) is 6.85. The Labute approximate surface area is 202 Å². The molecule has 2 aromatic heterocycles. The van der Waals surface area contributed by atoms with Crippen LogP contribution in [-0.4, -0.2) is 69.7 Å². The van der Waals surface area contributed by atoms with Gasteiger partial charge in [0.1, 0.15) is 11.7 Å².